The lowest BCUT2D eigenvalue weighted by Crippen LogP contribution is -2.41. The standard InChI is InChI=1S/C12H16N2O2/c13-7-11(8-4-5-8)14-12(16)9-2-1-3-10(15)6-9/h1-3,6,8,11,15H,4-5,7,13H2,(H,14,16). The van der Waals surface area contributed by atoms with Gasteiger partial charge in [-0.1, -0.05) is 6.07 Å². The first-order valence-electron chi connectivity index (χ1n) is 5.50. The highest BCUT2D eigenvalue weighted by atomic mass is 16.3. The van der Waals surface area contributed by atoms with E-state index in [9.17, 15) is 9.90 Å². The first-order valence-corrected chi connectivity index (χ1v) is 5.50. The number of phenolic OH excluding ortho intramolecular Hbond substituents is 1. The summed E-state index contributed by atoms with van der Waals surface area (Å²) in [5.41, 5.74) is 6.08. The average Bonchev–Trinajstić information content (AvgIpc) is 3.09. The molecule has 1 saturated carbocycles. The van der Waals surface area contributed by atoms with Crippen LogP contribution in [0.25, 0.3) is 0 Å². The van der Waals surface area contributed by atoms with E-state index in [4.69, 9.17) is 5.73 Å². The van der Waals surface area contributed by atoms with Crippen molar-refractivity contribution in [3.8, 4) is 5.75 Å². The Balaban J connectivity index is 2.01. The fourth-order valence-corrected chi connectivity index (χ4v) is 1.77. The fourth-order valence-electron chi connectivity index (χ4n) is 1.77. The number of amides is 1. The quantitative estimate of drug-likeness (QED) is 0.704. The molecule has 1 fully saturated rings. The van der Waals surface area contributed by atoms with Crippen LogP contribution in [0.15, 0.2) is 24.3 Å². The molecule has 0 aliphatic heterocycles. The maximum Gasteiger partial charge on any atom is 0.251 e. The molecule has 1 atom stereocenters. The Hall–Kier alpha value is -1.55. The highest BCUT2D eigenvalue weighted by Gasteiger charge is 2.31. The van der Waals surface area contributed by atoms with E-state index in [0.717, 1.165) is 12.8 Å². The number of aromatic hydroxyl groups is 1. The Morgan fingerprint density at radius 3 is 2.88 bits per heavy atom. The molecule has 1 aromatic rings. The molecular formula is C12H16N2O2. The van der Waals surface area contributed by atoms with Crippen molar-refractivity contribution in [3.63, 3.8) is 0 Å². The Bertz CT molecular complexity index is 388. The molecule has 0 bridgehead atoms. The van der Waals surface area contributed by atoms with Crippen LogP contribution in [0.1, 0.15) is 23.2 Å². The second-order valence-corrected chi connectivity index (χ2v) is 4.20. The normalized spacial score (nSPS) is 16.8. The van der Waals surface area contributed by atoms with Gasteiger partial charge in [-0.15, -0.1) is 0 Å². The molecule has 4 nitrogen and oxygen atoms in total. The van der Waals surface area contributed by atoms with Crippen molar-refractivity contribution in [1.82, 2.24) is 5.32 Å². The van der Waals surface area contributed by atoms with Crippen LogP contribution in [-0.2, 0) is 0 Å². The van der Waals surface area contributed by atoms with E-state index in [2.05, 4.69) is 5.32 Å². The third-order valence-electron chi connectivity index (χ3n) is 2.87. The molecule has 2 rings (SSSR count). The van der Waals surface area contributed by atoms with Gasteiger partial charge in [-0.2, -0.15) is 0 Å². The summed E-state index contributed by atoms with van der Waals surface area (Å²) in [6.07, 6.45) is 2.28. The molecule has 0 aromatic heterocycles. The number of phenols is 1. The van der Waals surface area contributed by atoms with Crippen LogP contribution in [-0.4, -0.2) is 23.6 Å². The smallest absolute Gasteiger partial charge is 0.251 e. The Morgan fingerprint density at radius 1 is 1.56 bits per heavy atom. The zero-order chi connectivity index (χ0) is 11.5. The number of rotatable bonds is 4. The minimum absolute atomic E-state index is 0.0647. The summed E-state index contributed by atoms with van der Waals surface area (Å²) in [4.78, 5) is 11.8. The molecule has 0 spiro atoms. The van der Waals surface area contributed by atoms with E-state index in [1.165, 1.54) is 12.1 Å². The maximum absolute atomic E-state index is 11.8. The number of hydrogen-bond donors (Lipinski definition) is 3. The highest BCUT2D eigenvalue weighted by molar-refractivity contribution is 5.94. The molecule has 1 aliphatic carbocycles. The van der Waals surface area contributed by atoms with E-state index < -0.39 is 0 Å². The van der Waals surface area contributed by atoms with Gasteiger partial charge in [0.1, 0.15) is 5.75 Å². The van der Waals surface area contributed by atoms with Gasteiger partial charge in [0.15, 0.2) is 0 Å². The van der Waals surface area contributed by atoms with Gasteiger partial charge in [0.2, 0.25) is 0 Å². The van der Waals surface area contributed by atoms with Gasteiger partial charge in [0, 0.05) is 18.2 Å². The second-order valence-electron chi connectivity index (χ2n) is 4.20. The average molecular weight is 220 g/mol. The zero-order valence-electron chi connectivity index (χ0n) is 9.02. The minimum atomic E-state index is -0.168. The molecule has 1 amide bonds. The van der Waals surface area contributed by atoms with Crippen molar-refractivity contribution in [2.24, 2.45) is 11.7 Å². The van der Waals surface area contributed by atoms with Crippen molar-refractivity contribution in [1.29, 1.82) is 0 Å². The van der Waals surface area contributed by atoms with Crippen LogP contribution in [0, 0.1) is 5.92 Å². The van der Waals surface area contributed by atoms with Crippen molar-refractivity contribution in [3.05, 3.63) is 29.8 Å². The topological polar surface area (TPSA) is 75.3 Å². The Morgan fingerprint density at radius 2 is 2.31 bits per heavy atom. The predicted octanol–water partition coefficient (Wildman–Crippen LogP) is 0.859. The van der Waals surface area contributed by atoms with Gasteiger partial charge in [0.05, 0.1) is 0 Å². The lowest BCUT2D eigenvalue weighted by atomic mass is 10.1. The van der Waals surface area contributed by atoms with E-state index in [1.807, 2.05) is 0 Å². The lowest BCUT2D eigenvalue weighted by molar-refractivity contribution is 0.0933. The Kier molecular flexibility index (Phi) is 3.10. The SMILES string of the molecule is NCC(NC(=O)c1cccc(O)c1)C1CC1. The van der Waals surface area contributed by atoms with Gasteiger partial charge < -0.3 is 16.2 Å². The molecular weight excluding hydrogens is 204 g/mol. The van der Waals surface area contributed by atoms with E-state index in [-0.39, 0.29) is 17.7 Å². The third kappa shape index (κ3) is 2.52. The molecule has 0 heterocycles. The molecule has 4 N–H and O–H groups in total. The number of hydrogen-bond acceptors (Lipinski definition) is 3. The van der Waals surface area contributed by atoms with Crippen LogP contribution < -0.4 is 11.1 Å². The third-order valence-corrected chi connectivity index (χ3v) is 2.87. The molecule has 16 heavy (non-hydrogen) atoms. The van der Waals surface area contributed by atoms with Gasteiger partial charge in [-0.05, 0) is 37.0 Å². The minimum Gasteiger partial charge on any atom is -0.508 e. The van der Waals surface area contributed by atoms with Crippen LogP contribution in [0.3, 0.4) is 0 Å². The Labute approximate surface area is 94.5 Å². The van der Waals surface area contributed by atoms with Crippen molar-refractivity contribution >= 4 is 5.91 Å². The summed E-state index contributed by atoms with van der Waals surface area (Å²) < 4.78 is 0. The molecule has 0 saturated heterocycles. The zero-order valence-corrected chi connectivity index (χ0v) is 9.02. The van der Waals surface area contributed by atoms with Crippen LogP contribution in [0.2, 0.25) is 0 Å². The summed E-state index contributed by atoms with van der Waals surface area (Å²) >= 11 is 0. The largest absolute Gasteiger partial charge is 0.508 e. The number of nitrogens with one attached hydrogen (secondary N) is 1. The first kappa shape index (κ1) is 11.0. The molecule has 1 aliphatic rings. The number of carbonyl (C=O) groups excluding carboxylic acids is 1. The number of benzene rings is 1. The summed E-state index contributed by atoms with van der Waals surface area (Å²) in [6.45, 7) is 0.467. The lowest BCUT2D eigenvalue weighted by Gasteiger charge is -2.15. The summed E-state index contributed by atoms with van der Waals surface area (Å²) in [5, 5.41) is 12.2. The van der Waals surface area contributed by atoms with Gasteiger partial charge in [-0.25, -0.2) is 0 Å². The summed E-state index contributed by atoms with van der Waals surface area (Å²) in [7, 11) is 0. The summed E-state index contributed by atoms with van der Waals surface area (Å²) in [6, 6.07) is 6.39. The fraction of sp³-hybridized carbons (Fsp3) is 0.417. The monoisotopic (exact) mass is 220 g/mol. The van der Waals surface area contributed by atoms with Gasteiger partial charge >= 0.3 is 0 Å². The second kappa shape index (κ2) is 4.53. The highest BCUT2D eigenvalue weighted by Crippen LogP contribution is 2.32. The van der Waals surface area contributed by atoms with Crippen LogP contribution in [0.5, 0.6) is 5.75 Å². The van der Waals surface area contributed by atoms with Crippen molar-refractivity contribution < 1.29 is 9.90 Å². The maximum atomic E-state index is 11.8. The molecule has 4 heteroatoms. The molecule has 1 aromatic carbocycles. The molecule has 1 unspecified atom stereocenters. The van der Waals surface area contributed by atoms with E-state index >= 15 is 0 Å². The van der Waals surface area contributed by atoms with Crippen molar-refractivity contribution in [2.75, 3.05) is 6.54 Å². The number of carbonyl (C=O) groups is 1. The van der Waals surface area contributed by atoms with Crippen LogP contribution in [0.4, 0.5) is 0 Å². The molecule has 86 valence electrons. The van der Waals surface area contributed by atoms with E-state index in [1.54, 1.807) is 12.1 Å². The van der Waals surface area contributed by atoms with Crippen molar-refractivity contribution in [2.45, 2.75) is 18.9 Å². The van der Waals surface area contributed by atoms with Crippen LogP contribution >= 0.6 is 0 Å². The predicted molar refractivity (Wildman–Crippen MR) is 61.1 cm³/mol. The first-order chi connectivity index (χ1) is 7.70. The molecule has 0 radical (unpaired) electrons. The van der Waals surface area contributed by atoms with Gasteiger partial charge in [0.25, 0.3) is 5.91 Å². The van der Waals surface area contributed by atoms with E-state index in [0.29, 0.717) is 18.0 Å². The van der Waals surface area contributed by atoms with Gasteiger partial charge in [-0.3, -0.25) is 4.79 Å². The summed E-state index contributed by atoms with van der Waals surface area (Å²) in [5.74, 6) is 0.466. The number of nitrogens with two attached hydrogens (primary N) is 1.